The van der Waals surface area contributed by atoms with Crippen LogP contribution in [0, 0.1) is 5.92 Å². The van der Waals surface area contributed by atoms with Gasteiger partial charge in [0, 0.05) is 29.8 Å². The number of Topliss-reactive ketones (excluding diaryl/α,β-unsaturated/α-hetero) is 1. The fourth-order valence-corrected chi connectivity index (χ4v) is 5.11. The third-order valence-electron chi connectivity index (χ3n) is 5.35. The number of carbonyl (C=O) groups is 2. The van der Waals surface area contributed by atoms with Gasteiger partial charge in [-0.3, -0.25) is 9.59 Å². The highest BCUT2D eigenvalue weighted by Gasteiger charge is 2.42. The van der Waals surface area contributed by atoms with Gasteiger partial charge >= 0.3 is 5.97 Å². The van der Waals surface area contributed by atoms with Crippen molar-refractivity contribution >= 4 is 23.5 Å². The van der Waals surface area contributed by atoms with E-state index in [2.05, 4.69) is 4.74 Å². The maximum absolute atomic E-state index is 12.4. The molecule has 168 valence electrons. The third-order valence-corrected chi connectivity index (χ3v) is 7.17. The number of methoxy groups -OCH3 is 1. The van der Waals surface area contributed by atoms with E-state index in [4.69, 9.17) is 4.74 Å². The largest absolute Gasteiger partial charge is 0.491 e. The van der Waals surface area contributed by atoms with E-state index in [1.54, 1.807) is 6.92 Å². The van der Waals surface area contributed by atoms with Gasteiger partial charge in [0.25, 0.3) is 0 Å². The lowest BCUT2D eigenvalue weighted by molar-refractivity contribution is -0.140. The molecule has 2 N–H and O–H groups in total. The molecule has 0 amide bonds. The maximum atomic E-state index is 12.4. The van der Waals surface area contributed by atoms with Gasteiger partial charge in [0.1, 0.15) is 23.7 Å². The van der Waals surface area contributed by atoms with Crippen molar-refractivity contribution in [2.24, 2.45) is 5.92 Å². The summed E-state index contributed by atoms with van der Waals surface area (Å²) < 4.78 is 10.3. The predicted octanol–water partition coefficient (Wildman–Crippen LogP) is 3.38. The number of benzene rings is 1. The molecule has 1 saturated carbocycles. The van der Waals surface area contributed by atoms with Crippen molar-refractivity contribution in [1.82, 2.24) is 0 Å². The van der Waals surface area contributed by atoms with E-state index in [1.807, 2.05) is 30.3 Å². The maximum Gasteiger partial charge on any atom is 0.305 e. The van der Waals surface area contributed by atoms with E-state index >= 15 is 0 Å². The number of aliphatic hydroxyl groups is 2. The van der Waals surface area contributed by atoms with E-state index in [1.165, 1.54) is 18.9 Å². The van der Waals surface area contributed by atoms with Crippen LogP contribution in [-0.4, -0.2) is 58.4 Å². The second-order valence-corrected chi connectivity index (χ2v) is 9.41. The highest BCUT2D eigenvalue weighted by molar-refractivity contribution is 8.00. The summed E-state index contributed by atoms with van der Waals surface area (Å²) in [4.78, 5) is 23.5. The van der Waals surface area contributed by atoms with Gasteiger partial charge in [0.2, 0.25) is 0 Å². The van der Waals surface area contributed by atoms with E-state index in [0.717, 1.165) is 32.1 Å². The predicted molar refractivity (Wildman–Crippen MR) is 118 cm³/mol. The number of para-hydroxylation sites is 1. The van der Waals surface area contributed by atoms with Gasteiger partial charge in [-0.15, -0.1) is 0 Å². The first-order valence-electron chi connectivity index (χ1n) is 10.6. The van der Waals surface area contributed by atoms with Gasteiger partial charge in [-0.05, 0) is 31.9 Å². The first-order chi connectivity index (χ1) is 14.3. The molecule has 1 fully saturated rings. The highest BCUT2D eigenvalue weighted by Crippen LogP contribution is 2.37. The molecule has 7 heteroatoms. The number of thioether (sulfide) groups is 1. The molecule has 2 rings (SSSR count). The minimum Gasteiger partial charge on any atom is -0.491 e. The molecule has 0 saturated heterocycles. The average molecular weight is 439 g/mol. The topological polar surface area (TPSA) is 93.1 Å². The smallest absolute Gasteiger partial charge is 0.305 e. The summed E-state index contributed by atoms with van der Waals surface area (Å²) >= 11 is 1.46. The molecular formula is C23H34O6S. The van der Waals surface area contributed by atoms with Crippen molar-refractivity contribution in [1.29, 1.82) is 0 Å². The molecule has 0 radical (unpaired) electrons. The standard InChI is InChI=1S/C23H34O6S/c1-23(27,15-29-17-10-6-5-7-11-17)16-30-22-18(19(24)14-20(22)25)12-8-3-4-9-13-21(26)28-2/h5-7,10-11,18,20,22,25,27H,3-4,8-9,12-16H2,1-2H3/t18-,20?,22+,23?/m0/s1. The zero-order chi connectivity index (χ0) is 22.0. The van der Waals surface area contributed by atoms with Crippen LogP contribution >= 0.6 is 11.8 Å². The molecule has 0 heterocycles. The molecular weight excluding hydrogens is 404 g/mol. The molecule has 4 atom stereocenters. The molecule has 6 nitrogen and oxygen atoms in total. The van der Waals surface area contributed by atoms with Gasteiger partial charge < -0.3 is 19.7 Å². The summed E-state index contributed by atoms with van der Waals surface area (Å²) in [6.07, 6.45) is 4.21. The number of ketones is 1. The lowest BCUT2D eigenvalue weighted by atomic mass is 9.98. The number of hydrogen-bond acceptors (Lipinski definition) is 7. The monoisotopic (exact) mass is 438 g/mol. The Balaban J connectivity index is 1.75. The van der Waals surface area contributed by atoms with Crippen LogP contribution in [0.4, 0.5) is 0 Å². The number of rotatable bonds is 13. The van der Waals surface area contributed by atoms with Crippen LogP contribution in [0.15, 0.2) is 30.3 Å². The minimum atomic E-state index is -1.07. The zero-order valence-electron chi connectivity index (χ0n) is 17.9. The number of hydrogen-bond donors (Lipinski definition) is 2. The van der Waals surface area contributed by atoms with Crippen LogP contribution in [-0.2, 0) is 14.3 Å². The molecule has 1 aliphatic carbocycles. The van der Waals surface area contributed by atoms with Crippen LogP contribution in [0.3, 0.4) is 0 Å². The third kappa shape index (κ3) is 8.28. The fraction of sp³-hybridized carbons (Fsp3) is 0.652. The number of ether oxygens (including phenoxy) is 2. The van der Waals surface area contributed by atoms with Crippen molar-refractivity contribution in [2.75, 3.05) is 19.5 Å². The summed E-state index contributed by atoms with van der Waals surface area (Å²) in [6.45, 7) is 1.86. The Morgan fingerprint density at radius 2 is 1.90 bits per heavy atom. The Hall–Kier alpha value is -1.57. The number of carbonyl (C=O) groups excluding carboxylic acids is 2. The van der Waals surface area contributed by atoms with Crippen molar-refractivity contribution in [3.63, 3.8) is 0 Å². The van der Waals surface area contributed by atoms with E-state index < -0.39 is 11.7 Å². The van der Waals surface area contributed by atoms with Crippen LogP contribution < -0.4 is 4.74 Å². The molecule has 1 aliphatic rings. The summed E-state index contributed by atoms with van der Waals surface area (Å²) in [5.41, 5.74) is -1.07. The minimum absolute atomic E-state index is 0.106. The van der Waals surface area contributed by atoms with Crippen molar-refractivity contribution in [3.05, 3.63) is 30.3 Å². The van der Waals surface area contributed by atoms with Crippen LogP contribution in [0.2, 0.25) is 0 Å². The summed E-state index contributed by atoms with van der Waals surface area (Å²) in [5.74, 6) is 0.809. The first kappa shape index (κ1) is 24.7. The molecule has 1 aromatic rings. The Labute approximate surface area is 183 Å². The normalized spacial score (nSPS) is 23.2. The molecule has 0 spiro atoms. The lowest BCUT2D eigenvalue weighted by Gasteiger charge is -2.27. The molecule has 1 aromatic carbocycles. The molecule has 30 heavy (non-hydrogen) atoms. The summed E-state index contributed by atoms with van der Waals surface area (Å²) in [5, 5.41) is 20.8. The molecule has 0 aromatic heterocycles. The number of aliphatic hydroxyl groups excluding tert-OH is 1. The zero-order valence-corrected chi connectivity index (χ0v) is 18.7. The van der Waals surface area contributed by atoms with Crippen molar-refractivity contribution in [3.8, 4) is 5.75 Å². The van der Waals surface area contributed by atoms with Crippen LogP contribution in [0.5, 0.6) is 5.75 Å². The average Bonchev–Trinajstić information content (AvgIpc) is 3.00. The Bertz CT molecular complexity index is 663. The number of esters is 1. The first-order valence-corrected chi connectivity index (χ1v) is 11.7. The Morgan fingerprint density at radius 3 is 2.60 bits per heavy atom. The quantitative estimate of drug-likeness (QED) is 0.360. The summed E-state index contributed by atoms with van der Waals surface area (Å²) in [6, 6.07) is 9.32. The van der Waals surface area contributed by atoms with Crippen molar-refractivity contribution < 1.29 is 29.3 Å². The van der Waals surface area contributed by atoms with Crippen LogP contribution in [0.1, 0.15) is 51.9 Å². The SMILES string of the molecule is COC(=O)CCCCCC[C@H]1C(=O)CC(O)[C@@H]1SCC(C)(O)COc1ccccc1. The Kier molecular flexibility index (Phi) is 10.1. The highest BCUT2D eigenvalue weighted by atomic mass is 32.2. The van der Waals surface area contributed by atoms with Gasteiger partial charge in [-0.2, -0.15) is 11.8 Å². The van der Waals surface area contributed by atoms with Crippen molar-refractivity contribution in [2.45, 2.75) is 68.8 Å². The molecule has 2 unspecified atom stereocenters. The van der Waals surface area contributed by atoms with E-state index in [9.17, 15) is 19.8 Å². The Morgan fingerprint density at radius 1 is 1.20 bits per heavy atom. The van der Waals surface area contributed by atoms with Gasteiger partial charge in [0.05, 0.1) is 13.2 Å². The lowest BCUT2D eigenvalue weighted by Crippen LogP contribution is -2.37. The van der Waals surface area contributed by atoms with Crippen LogP contribution in [0.25, 0.3) is 0 Å². The van der Waals surface area contributed by atoms with E-state index in [0.29, 0.717) is 17.9 Å². The van der Waals surface area contributed by atoms with Gasteiger partial charge in [-0.1, -0.05) is 37.5 Å². The molecule has 0 aliphatic heterocycles. The second-order valence-electron chi connectivity index (χ2n) is 8.25. The van der Waals surface area contributed by atoms with E-state index in [-0.39, 0.29) is 35.9 Å². The summed E-state index contributed by atoms with van der Waals surface area (Å²) in [7, 11) is 1.39. The second kappa shape index (κ2) is 12.3. The number of unbranched alkanes of at least 4 members (excludes halogenated alkanes) is 3. The fourth-order valence-electron chi connectivity index (χ4n) is 3.64. The van der Waals surface area contributed by atoms with Gasteiger partial charge in [-0.25, -0.2) is 0 Å². The molecule has 0 bridgehead atoms. The van der Waals surface area contributed by atoms with Gasteiger partial charge in [0.15, 0.2) is 0 Å².